The van der Waals surface area contributed by atoms with Crippen LogP contribution in [0.4, 0.5) is 4.39 Å². The van der Waals surface area contributed by atoms with Crippen LogP contribution in [0.1, 0.15) is 43.5 Å². The minimum absolute atomic E-state index is 0.172. The number of hydrogen-bond donors (Lipinski definition) is 0. The van der Waals surface area contributed by atoms with Crippen molar-refractivity contribution in [1.29, 1.82) is 0 Å². The van der Waals surface area contributed by atoms with E-state index < -0.39 is 6.17 Å². The fourth-order valence-electron chi connectivity index (χ4n) is 1.39. The van der Waals surface area contributed by atoms with E-state index in [1.807, 2.05) is 25.1 Å². The quantitative estimate of drug-likeness (QED) is 0.671. The van der Waals surface area contributed by atoms with Gasteiger partial charge in [-0.3, -0.25) is 0 Å². The first kappa shape index (κ1) is 10.9. The number of carbonyl (C=O) groups is 1. The number of benzene rings is 1. The van der Waals surface area contributed by atoms with E-state index in [-0.39, 0.29) is 5.92 Å². The average Bonchev–Trinajstić information content (AvgIpc) is 2.18. The summed E-state index contributed by atoms with van der Waals surface area (Å²) in [5.74, 6) is 0.172. The topological polar surface area (TPSA) is 17.1 Å². The van der Waals surface area contributed by atoms with E-state index in [1.165, 1.54) is 6.92 Å². The van der Waals surface area contributed by atoms with E-state index in [2.05, 4.69) is 0 Å². The van der Waals surface area contributed by atoms with Crippen molar-refractivity contribution in [2.75, 3.05) is 0 Å². The normalized spacial score (nSPS) is 14.8. The molecule has 0 heterocycles. The summed E-state index contributed by atoms with van der Waals surface area (Å²) >= 11 is 0. The van der Waals surface area contributed by atoms with Crippen molar-refractivity contribution in [2.45, 2.75) is 32.4 Å². The Morgan fingerprint density at radius 2 is 2.00 bits per heavy atom. The molecule has 0 aromatic heterocycles. The highest BCUT2D eigenvalue weighted by Crippen LogP contribution is 2.23. The van der Waals surface area contributed by atoms with Crippen LogP contribution >= 0.6 is 0 Å². The molecule has 0 aliphatic rings. The van der Waals surface area contributed by atoms with Crippen molar-refractivity contribution < 1.29 is 9.18 Å². The molecule has 1 rings (SSSR count). The van der Waals surface area contributed by atoms with Gasteiger partial charge in [0.15, 0.2) is 0 Å². The van der Waals surface area contributed by atoms with Crippen molar-refractivity contribution in [2.24, 2.45) is 0 Å². The van der Waals surface area contributed by atoms with E-state index in [0.717, 1.165) is 11.8 Å². The molecule has 1 aromatic rings. The van der Waals surface area contributed by atoms with Gasteiger partial charge in [0.25, 0.3) is 0 Å². The number of halogens is 1. The first-order valence-corrected chi connectivity index (χ1v) is 4.82. The molecule has 1 nitrogen and oxygen atoms in total. The van der Waals surface area contributed by atoms with Gasteiger partial charge in [0.2, 0.25) is 0 Å². The molecule has 0 aliphatic heterocycles. The van der Waals surface area contributed by atoms with Gasteiger partial charge in [-0.05, 0) is 24.0 Å². The zero-order valence-electron chi connectivity index (χ0n) is 8.53. The fourth-order valence-corrected chi connectivity index (χ4v) is 1.39. The Morgan fingerprint density at radius 3 is 2.57 bits per heavy atom. The maximum Gasteiger partial charge on any atom is 0.122 e. The van der Waals surface area contributed by atoms with Gasteiger partial charge in [-0.15, -0.1) is 0 Å². The lowest BCUT2D eigenvalue weighted by molar-refractivity contribution is -0.108. The molecule has 0 amide bonds. The molecule has 2 atom stereocenters. The summed E-state index contributed by atoms with van der Waals surface area (Å²) < 4.78 is 13.0. The number of carbonyl (C=O) groups excluding carboxylic acids is 1. The van der Waals surface area contributed by atoms with Crippen molar-refractivity contribution in [1.82, 2.24) is 0 Å². The molecule has 0 radical (unpaired) electrons. The Morgan fingerprint density at radius 1 is 1.36 bits per heavy atom. The maximum absolute atomic E-state index is 13.0. The second-order valence-corrected chi connectivity index (χ2v) is 3.59. The van der Waals surface area contributed by atoms with Crippen LogP contribution in [0.15, 0.2) is 24.3 Å². The van der Waals surface area contributed by atoms with E-state index in [4.69, 9.17) is 0 Å². The van der Waals surface area contributed by atoms with Gasteiger partial charge in [0.05, 0.1) is 0 Å². The SMILES string of the molecule is CC(F)c1cccc(C(C)CC=O)c1. The minimum atomic E-state index is -0.946. The standard InChI is InChI=1S/C12H15FO/c1-9(6-7-14)11-4-3-5-12(8-11)10(2)13/h3-5,7-10H,6H2,1-2H3. The molecule has 0 bridgehead atoms. The predicted molar refractivity (Wildman–Crippen MR) is 55.1 cm³/mol. The summed E-state index contributed by atoms with van der Waals surface area (Å²) in [5.41, 5.74) is 1.71. The van der Waals surface area contributed by atoms with Crippen LogP contribution < -0.4 is 0 Å². The molecule has 0 spiro atoms. The second kappa shape index (κ2) is 4.89. The Balaban J connectivity index is 2.87. The first-order valence-electron chi connectivity index (χ1n) is 4.82. The zero-order chi connectivity index (χ0) is 10.6. The van der Waals surface area contributed by atoms with Gasteiger partial charge in [-0.25, -0.2) is 4.39 Å². The van der Waals surface area contributed by atoms with Crippen molar-refractivity contribution in [3.05, 3.63) is 35.4 Å². The van der Waals surface area contributed by atoms with Crippen LogP contribution in [0, 0.1) is 0 Å². The van der Waals surface area contributed by atoms with Crippen molar-refractivity contribution in [3.63, 3.8) is 0 Å². The summed E-state index contributed by atoms with van der Waals surface area (Å²) in [6.07, 6.45) is 0.443. The summed E-state index contributed by atoms with van der Waals surface area (Å²) in [6, 6.07) is 7.36. The average molecular weight is 194 g/mol. The van der Waals surface area contributed by atoms with Crippen molar-refractivity contribution in [3.8, 4) is 0 Å². The third kappa shape index (κ3) is 2.66. The number of alkyl halides is 1. The van der Waals surface area contributed by atoms with Crippen molar-refractivity contribution >= 4 is 6.29 Å². The summed E-state index contributed by atoms with van der Waals surface area (Å²) in [7, 11) is 0. The monoisotopic (exact) mass is 194 g/mol. The Labute approximate surface area is 83.9 Å². The zero-order valence-corrected chi connectivity index (χ0v) is 8.53. The van der Waals surface area contributed by atoms with Crippen LogP contribution in [-0.2, 0) is 4.79 Å². The minimum Gasteiger partial charge on any atom is -0.303 e. The molecular weight excluding hydrogens is 179 g/mol. The van der Waals surface area contributed by atoms with Crippen LogP contribution in [-0.4, -0.2) is 6.29 Å². The summed E-state index contributed by atoms with van der Waals surface area (Å²) in [5, 5.41) is 0. The van der Waals surface area contributed by atoms with Crippen LogP contribution in [0.3, 0.4) is 0 Å². The summed E-state index contributed by atoms with van der Waals surface area (Å²) in [4.78, 5) is 10.3. The summed E-state index contributed by atoms with van der Waals surface area (Å²) in [6.45, 7) is 3.49. The fraction of sp³-hybridized carbons (Fsp3) is 0.417. The van der Waals surface area contributed by atoms with Gasteiger partial charge >= 0.3 is 0 Å². The second-order valence-electron chi connectivity index (χ2n) is 3.59. The first-order chi connectivity index (χ1) is 6.65. The molecule has 2 unspecified atom stereocenters. The molecule has 14 heavy (non-hydrogen) atoms. The molecule has 1 aromatic carbocycles. The van der Waals surface area contributed by atoms with Gasteiger partial charge in [0.1, 0.15) is 12.5 Å². The highest BCUT2D eigenvalue weighted by atomic mass is 19.1. The molecule has 0 N–H and O–H groups in total. The van der Waals surface area contributed by atoms with Gasteiger partial charge in [0, 0.05) is 6.42 Å². The van der Waals surface area contributed by atoms with Crippen LogP contribution in [0.5, 0.6) is 0 Å². The predicted octanol–water partition coefficient (Wildman–Crippen LogP) is 3.41. The molecule has 76 valence electrons. The Hall–Kier alpha value is -1.18. The molecule has 0 aliphatic carbocycles. The highest BCUT2D eigenvalue weighted by molar-refractivity contribution is 5.51. The van der Waals surface area contributed by atoms with Gasteiger partial charge in [-0.1, -0.05) is 31.2 Å². The van der Waals surface area contributed by atoms with Crippen LogP contribution in [0.2, 0.25) is 0 Å². The number of hydrogen-bond acceptors (Lipinski definition) is 1. The van der Waals surface area contributed by atoms with E-state index in [0.29, 0.717) is 12.0 Å². The largest absolute Gasteiger partial charge is 0.303 e. The van der Waals surface area contributed by atoms with Crippen LogP contribution in [0.25, 0.3) is 0 Å². The lowest BCUT2D eigenvalue weighted by Crippen LogP contribution is -1.96. The van der Waals surface area contributed by atoms with E-state index in [1.54, 1.807) is 6.07 Å². The number of rotatable bonds is 4. The Bertz CT molecular complexity index is 307. The molecular formula is C12H15FO. The number of aldehydes is 1. The maximum atomic E-state index is 13.0. The van der Waals surface area contributed by atoms with E-state index in [9.17, 15) is 9.18 Å². The third-order valence-corrected chi connectivity index (χ3v) is 2.39. The highest BCUT2D eigenvalue weighted by Gasteiger charge is 2.08. The molecule has 0 fully saturated rings. The lowest BCUT2D eigenvalue weighted by Gasteiger charge is -2.10. The van der Waals surface area contributed by atoms with Gasteiger partial charge < -0.3 is 4.79 Å². The Kier molecular flexibility index (Phi) is 3.81. The molecule has 0 saturated heterocycles. The van der Waals surface area contributed by atoms with E-state index >= 15 is 0 Å². The molecule has 2 heteroatoms. The smallest absolute Gasteiger partial charge is 0.122 e. The molecule has 0 saturated carbocycles. The van der Waals surface area contributed by atoms with Gasteiger partial charge in [-0.2, -0.15) is 0 Å². The lowest BCUT2D eigenvalue weighted by atomic mass is 9.96. The third-order valence-electron chi connectivity index (χ3n) is 2.39.